The van der Waals surface area contributed by atoms with Gasteiger partial charge in [-0.25, -0.2) is 0 Å². The Morgan fingerprint density at radius 2 is 2.33 bits per heavy atom. The van der Waals surface area contributed by atoms with Crippen LogP contribution in [0.5, 0.6) is 0 Å². The largest absolute Gasteiger partial charge is 0.314 e. The molecule has 1 aliphatic carbocycles. The Bertz CT molecular complexity index is 174. The molecule has 0 aromatic rings. The van der Waals surface area contributed by atoms with E-state index in [-0.39, 0.29) is 0 Å². The Morgan fingerprint density at radius 1 is 1.42 bits per heavy atom. The summed E-state index contributed by atoms with van der Waals surface area (Å²) < 4.78 is 0. The molecule has 2 unspecified atom stereocenters. The van der Waals surface area contributed by atoms with Crippen LogP contribution in [0.3, 0.4) is 0 Å². The van der Waals surface area contributed by atoms with Crippen molar-refractivity contribution in [1.29, 1.82) is 0 Å². The zero-order chi connectivity index (χ0) is 8.39. The highest BCUT2D eigenvalue weighted by Gasteiger charge is 2.27. The van der Waals surface area contributed by atoms with Gasteiger partial charge in [-0.05, 0) is 51.0 Å². The van der Waals surface area contributed by atoms with Crippen molar-refractivity contribution in [2.45, 2.75) is 38.6 Å². The number of rotatable bonds is 1. The number of nitrogens with one attached hydrogen (secondary N) is 1. The van der Waals surface area contributed by atoms with Crippen molar-refractivity contribution in [2.24, 2.45) is 11.8 Å². The molecule has 1 heteroatoms. The fourth-order valence-corrected chi connectivity index (χ4v) is 2.53. The molecule has 1 N–H and O–H groups in total. The van der Waals surface area contributed by atoms with Gasteiger partial charge in [-0.2, -0.15) is 0 Å². The first-order valence-corrected chi connectivity index (χ1v) is 5.26. The minimum Gasteiger partial charge on any atom is -0.314 e. The maximum absolute atomic E-state index is 3.53. The predicted octanol–water partition coefficient (Wildman–Crippen LogP) is 2.34. The van der Waals surface area contributed by atoms with Crippen LogP contribution in [0.1, 0.15) is 32.6 Å². The lowest BCUT2D eigenvalue weighted by Gasteiger charge is -2.22. The van der Waals surface area contributed by atoms with E-state index in [1.807, 2.05) is 0 Å². The van der Waals surface area contributed by atoms with Crippen LogP contribution in [0.4, 0.5) is 0 Å². The number of hydrogen-bond acceptors (Lipinski definition) is 1. The summed E-state index contributed by atoms with van der Waals surface area (Å²) in [7, 11) is 0. The van der Waals surface area contributed by atoms with Gasteiger partial charge < -0.3 is 5.32 Å². The van der Waals surface area contributed by atoms with Gasteiger partial charge >= 0.3 is 0 Å². The summed E-state index contributed by atoms with van der Waals surface area (Å²) in [6.07, 6.45) is 10.4. The van der Waals surface area contributed by atoms with Crippen molar-refractivity contribution < 1.29 is 0 Å². The summed E-state index contributed by atoms with van der Waals surface area (Å²) in [6.45, 7) is 3.54. The smallest absolute Gasteiger partial charge is 0.00421 e. The first kappa shape index (κ1) is 8.31. The molecule has 1 heterocycles. The maximum Gasteiger partial charge on any atom is 0.00421 e. The Labute approximate surface area is 75.2 Å². The molecule has 1 fully saturated rings. The lowest BCUT2D eigenvalue weighted by molar-refractivity contribution is 0.379. The highest BCUT2D eigenvalue weighted by atomic mass is 14.9. The summed E-state index contributed by atoms with van der Waals surface area (Å²) >= 11 is 0. The van der Waals surface area contributed by atoms with Crippen molar-refractivity contribution in [2.75, 3.05) is 6.54 Å². The topological polar surface area (TPSA) is 12.0 Å². The second kappa shape index (κ2) is 3.61. The molecule has 0 aromatic carbocycles. The highest BCUT2D eigenvalue weighted by Crippen LogP contribution is 2.30. The van der Waals surface area contributed by atoms with Gasteiger partial charge in [0.2, 0.25) is 0 Å². The van der Waals surface area contributed by atoms with Crippen LogP contribution in [0.2, 0.25) is 0 Å². The van der Waals surface area contributed by atoms with Gasteiger partial charge in [0.05, 0.1) is 0 Å². The molecule has 2 rings (SSSR count). The van der Waals surface area contributed by atoms with E-state index in [0.29, 0.717) is 0 Å². The first-order chi connectivity index (χ1) is 5.86. The Hall–Kier alpha value is -0.300. The van der Waals surface area contributed by atoms with Gasteiger partial charge in [-0.15, -0.1) is 0 Å². The summed E-state index contributed by atoms with van der Waals surface area (Å²) in [5.41, 5.74) is 0. The molecule has 0 amide bonds. The van der Waals surface area contributed by atoms with Crippen LogP contribution >= 0.6 is 0 Å². The average Bonchev–Trinajstić information content (AvgIpc) is 2.54. The maximum atomic E-state index is 3.53. The molecule has 3 atom stereocenters. The highest BCUT2D eigenvalue weighted by molar-refractivity contribution is 4.98. The average molecular weight is 165 g/mol. The molecule has 0 spiro atoms. The number of hydrogen-bond donors (Lipinski definition) is 1. The summed E-state index contributed by atoms with van der Waals surface area (Å²) in [4.78, 5) is 0. The zero-order valence-corrected chi connectivity index (χ0v) is 7.92. The van der Waals surface area contributed by atoms with Crippen LogP contribution in [0, 0.1) is 11.8 Å². The van der Waals surface area contributed by atoms with E-state index < -0.39 is 0 Å². The summed E-state index contributed by atoms with van der Waals surface area (Å²) in [5, 5.41) is 3.53. The van der Waals surface area contributed by atoms with Gasteiger partial charge in [0.25, 0.3) is 0 Å². The van der Waals surface area contributed by atoms with E-state index in [2.05, 4.69) is 24.4 Å². The molecule has 0 aromatic heterocycles. The van der Waals surface area contributed by atoms with E-state index in [0.717, 1.165) is 17.9 Å². The molecule has 1 aliphatic heterocycles. The van der Waals surface area contributed by atoms with Gasteiger partial charge in [0.1, 0.15) is 0 Å². The fourth-order valence-electron chi connectivity index (χ4n) is 2.53. The minimum absolute atomic E-state index is 0.755. The van der Waals surface area contributed by atoms with Crippen molar-refractivity contribution >= 4 is 0 Å². The van der Waals surface area contributed by atoms with Crippen LogP contribution < -0.4 is 5.32 Å². The number of allylic oxidation sites excluding steroid dienone is 2. The molecule has 0 bridgehead atoms. The van der Waals surface area contributed by atoms with E-state index in [1.165, 1.54) is 32.2 Å². The quantitative estimate of drug-likeness (QED) is 0.588. The lowest BCUT2D eigenvalue weighted by atomic mass is 9.83. The summed E-state index contributed by atoms with van der Waals surface area (Å²) in [5.74, 6) is 1.81. The molecule has 0 saturated carbocycles. The van der Waals surface area contributed by atoms with Crippen molar-refractivity contribution in [3.8, 4) is 0 Å². The standard InChI is InChI=1S/C11H19N/c1-9-7-11(8-12-9)10-5-3-2-4-6-10/h3,5,9-12H,2,4,6-8H2,1H3/t9-,10?,11?/m1/s1. The van der Waals surface area contributed by atoms with Gasteiger partial charge in [-0.1, -0.05) is 12.2 Å². The predicted molar refractivity (Wildman–Crippen MR) is 52.1 cm³/mol. The zero-order valence-electron chi connectivity index (χ0n) is 7.92. The third kappa shape index (κ3) is 1.71. The van der Waals surface area contributed by atoms with Crippen LogP contribution in [0.25, 0.3) is 0 Å². The first-order valence-electron chi connectivity index (χ1n) is 5.26. The van der Waals surface area contributed by atoms with Crippen molar-refractivity contribution in [3.63, 3.8) is 0 Å². The second-order valence-corrected chi connectivity index (χ2v) is 4.33. The molecule has 2 aliphatic rings. The molecule has 68 valence electrons. The molecular weight excluding hydrogens is 146 g/mol. The second-order valence-electron chi connectivity index (χ2n) is 4.33. The van der Waals surface area contributed by atoms with Crippen LogP contribution in [-0.4, -0.2) is 12.6 Å². The van der Waals surface area contributed by atoms with Crippen molar-refractivity contribution in [3.05, 3.63) is 12.2 Å². The summed E-state index contributed by atoms with van der Waals surface area (Å²) in [6, 6.07) is 0.755. The molecule has 1 saturated heterocycles. The molecule has 1 nitrogen and oxygen atoms in total. The minimum atomic E-state index is 0.755. The van der Waals surface area contributed by atoms with Crippen LogP contribution in [-0.2, 0) is 0 Å². The molecular formula is C11H19N. The SMILES string of the molecule is C[C@@H]1CC(C2C=CCCC2)CN1. The molecule has 12 heavy (non-hydrogen) atoms. The Morgan fingerprint density at radius 3 is 2.92 bits per heavy atom. The van der Waals surface area contributed by atoms with E-state index in [1.54, 1.807) is 0 Å². The third-order valence-corrected chi connectivity index (χ3v) is 3.28. The third-order valence-electron chi connectivity index (χ3n) is 3.28. The normalized spacial score (nSPS) is 41.9. The fraction of sp³-hybridized carbons (Fsp3) is 0.818. The lowest BCUT2D eigenvalue weighted by Crippen LogP contribution is -2.19. The van der Waals surface area contributed by atoms with Crippen molar-refractivity contribution in [1.82, 2.24) is 5.32 Å². The van der Waals surface area contributed by atoms with Gasteiger partial charge in [0, 0.05) is 6.04 Å². The van der Waals surface area contributed by atoms with E-state index in [9.17, 15) is 0 Å². The van der Waals surface area contributed by atoms with Gasteiger partial charge in [0.15, 0.2) is 0 Å². The van der Waals surface area contributed by atoms with Gasteiger partial charge in [-0.3, -0.25) is 0 Å². The van der Waals surface area contributed by atoms with Crippen LogP contribution in [0.15, 0.2) is 12.2 Å². The Kier molecular flexibility index (Phi) is 2.50. The Balaban J connectivity index is 1.91. The van der Waals surface area contributed by atoms with E-state index in [4.69, 9.17) is 0 Å². The molecule has 0 radical (unpaired) electrons. The monoisotopic (exact) mass is 165 g/mol. The van der Waals surface area contributed by atoms with E-state index >= 15 is 0 Å².